The quantitative estimate of drug-likeness (QED) is 0.774. The van der Waals surface area contributed by atoms with E-state index in [9.17, 15) is 9.59 Å². The van der Waals surface area contributed by atoms with E-state index in [-0.39, 0.29) is 12.3 Å². The first-order valence-corrected chi connectivity index (χ1v) is 6.18. The summed E-state index contributed by atoms with van der Waals surface area (Å²) in [6.07, 6.45) is 2.02. The maximum atomic E-state index is 11.0. The molecule has 0 atom stereocenters. The first-order chi connectivity index (χ1) is 8.61. The van der Waals surface area contributed by atoms with Gasteiger partial charge in [-0.3, -0.25) is 9.59 Å². The molecular weight excluding hydrogens is 230 g/mol. The van der Waals surface area contributed by atoms with E-state index >= 15 is 0 Å². The summed E-state index contributed by atoms with van der Waals surface area (Å²) in [5.74, 6) is -0.713. The second-order valence-corrected chi connectivity index (χ2v) is 4.16. The topological polar surface area (TPSA) is 66.4 Å². The Bertz CT molecular complexity index is 398. The number of carboxylic acid groups (broad SMARTS) is 1. The molecule has 98 valence electrons. The van der Waals surface area contributed by atoms with E-state index in [0.717, 1.165) is 17.5 Å². The molecule has 0 aliphatic carbocycles. The highest BCUT2D eigenvalue weighted by Gasteiger charge is 2.00. The summed E-state index contributed by atoms with van der Waals surface area (Å²) in [6.45, 7) is 2.47. The van der Waals surface area contributed by atoms with Crippen molar-refractivity contribution in [3.8, 4) is 0 Å². The van der Waals surface area contributed by atoms with E-state index in [2.05, 4.69) is 5.32 Å². The molecule has 0 saturated carbocycles. The molecule has 0 aromatic heterocycles. The molecule has 4 heteroatoms. The first-order valence-electron chi connectivity index (χ1n) is 6.18. The van der Waals surface area contributed by atoms with Crippen LogP contribution in [0.4, 0.5) is 0 Å². The second-order valence-electron chi connectivity index (χ2n) is 4.16. The molecule has 0 aliphatic heterocycles. The van der Waals surface area contributed by atoms with Crippen LogP contribution in [0.3, 0.4) is 0 Å². The number of carbonyl (C=O) groups excluding carboxylic acids is 1. The molecule has 2 N–H and O–H groups in total. The summed E-state index contributed by atoms with van der Waals surface area (Å²) in [4.78, 5) is 21.5. The summed E-state index contributed by atoms with van der Waals surface area (Å²) in [6, 6.07) is 7.85. The van der Waals surface area contributed by atoms with Gasteiger partial charge in [0.15, 0.2) is 0 Å². The summed E-state index contributed by atoms with van der Waals surface area (Å²) in [5, 5.41) is 11.4. The third-order valence-corrected chi connectivity index (χ3v) is 2.71. The minimum absolute atomic E-state index is 0.0630. The minimum Gasteiger partial charge on any atom is -0.481 e. The lowest BCUT2D eigenvalue weighted by Crippen LogP contribution is -2.24. The van der Waals surface area contributed by atoms with Crippen LogP contribution >= 0.6 is 0 Å². The Morgan fingerprint density at radius 2 is 1.67 bits per heavy atom. The Balaban J connectivity index is 2.35. The number of aryl methyl sites for hydroxylation is 1. The molecule has 0 aliphatic rings. The van der Waals surface area contributed by atoms with Crippen LogP contribution in [0.2, 0.25) is 0 Å². The number of amides is 1. The van der Waals surface area contributed by atoms with Gasteiger partial charge in [-0.2, -0.15) is 0 Å². The Hall–Kier alpha value is -1.84. The van der Waals surface area contributed by atoms with Crippen LogP contribution in [0.15, 0.2) is 24.3 Å². The standard InChI is InChI=1S/C14H19NO3/c1-2-13(16)15-10-9-12-5-3-11(4-6-12)7-8-14(17)18/h3-6H,2,7-10H2,1H3,(H,15,16)(H,17,18). The monoisotopic (exact) mass is 249 g/mol. The average molecular weight is 249 g/mol. The molecule has 1 aromatic rings. The van der Waals surface area contributed by atoms with Crippen LogP contribution in [0.1, 0.15) is 30.9 Å². The van der Waals surface area contributed by atoms with Crippen LogP contribution in [0.5, 0.6) is 0 Å². The zero-order valence-electron chi connectivity index (χ0n) is 10.6. The summed E-state index contributed by atoms with van der Waals surface area (Å²) < 4.78 is 0. The zero-order valence-corrected chi connectivity index (χ0v) is 10.6. The van der Waals surface area contributed by atoms with Gasteiger partial charge in [0.05, 0.1) is 0 Å². The Kier molecular flexibility index (Phi) is 5.91. The van der Waals surface area contributed by atoms with Gasteiger partial charge in [0, 0.05) is 19.4 Å². The van der Waals surface area contributed by atoms with E-state index in [1.165, 1.54) is 0 Å². The Morgan fingerprint density at radius 1 is 1.11 bits per heavy atom. The van der Waals surface area contributed by atoms with Gasteiger partial charge in [0.1, 0.15) is 0 Å². The van der Waals surface area contributed by atoms with Gasteiger partial charge in [-0.1, -0.05) is 31.2 Å². The van der Waals surface area contributed by atoms with Crippen molar-refractivity contribution in [2.24, 2.45) is 0 Å². The molecule has 0 spiro atoms. The van der Waals surface area contributed by atoms with E-state index in [4.69, 9.17) is 5.11 Å². The summed E-state index contributed by atoms with van der Waals surface area (Å²) in [7, 11) is 0. The number of carboxylic acids is 1. The lowest BCUT2D eigenvalue weighted by atomic mass is 10.1. The van der Waals surface area contributed by atoms with E-state index in [1.807, 2.05) is 31.2 Å². The van der Waals surface area contributed by atoms with Crippen molar-refractivity contribution in [1.82, 2.24) is 5.32 Å². The molecular formula is C14H19NO3. The number of rotatable bonds is 7. The van der Waals surface area contributed by atoms with Crippen molar-refractivity contribution in [1.29, 1.82) is 0 Å². The number of nitrogens with one attached hydrogen (secondary N) is 1. The number of hydrogen-bond acceptors (Lipinski definition) is 2. The van der Waals surface area contributed by atoms with Gasteiger partial charge in [0.2, 0.25) is 5.91 Å². The molecule has 18 heavy (non-hydrogen) atoms. The SMILES string of the molecule is CCC(=O)NCCc1ccc(CCC(=O)O)cc1. The van der Waals surface area contributed by atoms with Crippen LogP contribution in [-0.2, 0) is 22.4 Å². The Labute approximate surface area is 107 Å². The molecule has 1 amide bonds. The molecule has 0 fully saturated rings. The number of aliphatic carboxylic acids is 1. The molecule has 0 saturated heterocycles. The minimum atomic E-state index is -0.777. The highest BCUT2D eigenvalue weighted by Crippen LogP contribution is 2.07. The lowest BCUT2D eigenvalue weighted by molar-refractivity contribution is -0.137. The van der Waals surface area contributed by atoms with Crippen molar-refractivity contribution in [2.75, 3.05) is 6.54 Å². The largest absolute Gasteiger partial charge is 0.481 e. The molecule has 4 nitrogen and oxygen atoms in total. The third kappa shape index (κ3) is 5.48. The van der Waals surface area contributed by atoms with Crippen molar-refractivity contribution < 1.29 is 14.7 Å². The van der Waals surface area contributed by atoms with Gasteiger partial charge in [-0.25, -0.2) is 0 Å². The summed E-state index contributed by atoms with van der Waals surface area (Å²) in [5.41, 5.74) is 2.17. The van der Waals surface area contributed by atoms with Crippen molar-refractivity contribution in [2.45, 2.75) is 32.6 Å². The van der Waals surface area contributed by atoms with Crippen LogP contribution < -0.4 is 5.32 Å². The molecule has 1 aromatic carbocycles. The van der Waals surface area contributed by atoms with Crippen molar-refractivity contribution in [3.05, 3.63) is 35.4 Å². The maximum Gasteiger partial charge on any atom is 0.303 e. The lowest BCUT2D eigenvalue weighted by Gasteiger charge is -2.05. The van der Waals surface area contributed by atoms with Crippen molar-refractivity contribution in [3.63, 3.8) is 0 Å². The third-order valence-electron chi connectivity index (χ3n) is 2.71. The van der Waals surface area contributed by atoms with Gasteiger partial charge < -0.3 is 10.4 Å². The maximum absolute atomic E-state index is 11.0. The number of hydrogen-bond donors (Lipinski definition) is 2. The van der Waals surface area contributed by atoms with Gasteiger partial charge in [0.25, 0.3) is 0 Å². The van der Waals surface area contributed by atoms with E-state index in [1.54, 1.807) is 0 Å². The average Bonchev–Trinajstić information content (AvgIpc) is 2.37. The molecule has 0 bridgehead atoms. The highest BCUT2D eigenvalue weighted by molar-refractivity contribution is 5.75. The number of carbonyl (C=O) groups is 2. The van der Waals surface area contributed by atoms with Crippen LogP contribution in [0, 0.1) is 0 Å². The first kappa shape index (κ1) is 14.2. The van der Waals surface area contributed by atoms with Gasteiger partial charge in [-0.05, 0) is 24.0 Å². The zero-order chi connectivity index (χ0) is 13.4. The normalized spacial score (nSPS) is 10.1. The fraction of sp³-hybridized carbons (Fsp3) is 0.429. The predicted octanol–water partition coefficient (Wildman–Crippen LogP) is 1.77. The van der Waals surface area contributed by atoms with Crippen LogP contribution in [-0.4, -0.2) is 23.5 Å². The molecule has 0 heterocycles. The Morgan fingerprint density at radius 3 is 2.17 bits per heavy atom. The molecule has 0 unspecified atom stereocenters. The molecule has 1 rings (SSSR count). The summed E-state index contributed by atoms with van der Waals surface area (Å²) >= 11 is 0. The van der Waals surface area contributed by atoms with Gasteiger partial charge in [-0.15, -0.1) is 0 Å². The second kappa shape index (κ2) is 7.48. The fourth-order valence-corrected chi connectivity index (χ4v) is 1.60. The van der Waals surface area contributed by atoms with Gasteiger partial charge >= 0.3 is 5.97 Å². The van der Waals surface area contributed by atoms with E-state index in [0.29, 0.717) is 19.4 Å². The molecule has 0 radical (unpaired) electrons. The van der Waals surface area contributed by atoms with E-state index < -0.39 is 5.97 Å². The highest BCUT2D eigenvalue weighted by atomic mass is 16.4. The number of benzene rings is 1. The van der Waals surface area contributed by atoms with Crippen LogP contribution in [0.25, 0.3) is 0 Å². The predicted molar refractivity (Wildman–Crippen MR) is 69.4 cm³/mol. The fourth-order valence-electron chi connectivity index (χ4n) is 1.60. The smallest absolute Gasteiger partial charge is 0.303 e. The van der Waals surface area contributed by atoms with Crippen molar-refractivity contribution >= 4 is 11.9 Å².